The molecule has 0 aromatic rings. The normalized spacial score (nSPS) is 44.9. The topological polar surface area (TPSA) is 160 Å². The number of likely N-dealkylation sites (tertiary alicyclic amines) is 2. The molecule has 0 spiro atoms. The number of hydrogen-bond donors (Lipinski definition) is 4. The van der Waals surface area contributed by atoms with Crippen LogP contribution in [0.5, 0.6) is 0 Å². The Morgan fingerprint density at radius 1 is 0.850 bits per heavy atom. The van der Waals surface area contributed by atoms with Crippen molar-refractivity contribution < 1.29 is 51.5 Å². The van der Waals surface area contributed by atoms with E-state index in [-0.39, 0.29) is 0 Å². The van der Waals surface area contributed by atoms with Crippen LogP contribution in [-0.4, -0.2) is 136 Å². The molecule has 0 radical (unpaired) electrons. The number of hydrogen-bond acceptors (Lipinski definition) is 12. The lowest BCUT2D eigenvalue weighted by atomic mass is 9.76. The zero-order chi connectivity index (χ0) is 36.7. The summed E-state index contributed by atoms with van der Waals surface area (Å²) in [6.45, 7) is -8.93. The Kier molecular flexibility index (Phi) is 5.65. The highest BCUT2D eigenvalue weighted by atomic mass is 16.7. The maximum Gasteiger partial charge on any atom is 0.552 e. The van der Waals surface area contributed by atoms with E-state index in [0.29, 0.717) is 48.8 Å². The molecule has 6 atom stereocenters. The lowest BCUT2D eigenvalue weighted by Crippen LogP contribution is -2.51. The van der Waals surface area contributed by atoms with Crippen LogP contribution in [0, 0.1) is 0 Å². The highest BCUT2D eigenvalue weighted by Gasteiger charge is 2.59. The van der Waals surface area contributed by atoms with Gasteiger partial charge in [-0.05, 0) is 51.6 Å². The van der Waals surface area contributed by atoms with Crippen molar-refractivity contribution >= 4 is 38.0 Å². The fourth-order valence-electron chi connectivity index (χ4n) is 5.33. The van der Waals surface area contributed by atoms with Crippen LogP contribution in [0.25, 0.3) is 0 Å². The predicted molar refractivity (Wildman–Crippen MR) is 141 cm³/mol. The quantitative estimate of drug-likeness (QED) is 0.206. The van der Waals surface area contributed by atoms with Gasteiger partial charge in [0.1, 0.15) is 0 Å². The Bertz CT molecular complexity index is 1310. The third-order valence-electron chi connectivity index (χ3n) is 7.44. The van der Waals surface area contributed by atoms with E-state index in [2.05, 4.69) is 21.3 Å². The van der Waals surface area contributed by atoms with Gasteiger partial charge in [0.25, 0.3) is 0 Å². The molecule has 6 saturated heterocycles. The first kappa shape index (κ1) is 18.3. The molecule has 14 nitrogen and oxygen atoms in total. The Morgan fingerprint density at radius 3 is 1.70 bits per heavy atom. The smallest absolute Gasteiger partial charge is 0.506 e. The molecule has 6 aliphatic heterocycles. The minimum atomic E-state index is -2.83. The molecule has 6 heterocycles. The van der Waals surface area contributed by atoms with E-state index >= 15 is 0 Å². The zero-order valence-corrected chi connectivity index (χ0v) is 21.7. The van der Waals surface area contributed by atoms with Crippen LogP contribution < -0.4 is 21.3 Å². The zero-order valence-electron chi connectivity index (χ0n) is 31.7. The van der Waals surface area contributed by atoms with Crippen LogP contribution in [0.1, 0.15) is 52.2 Å². The predicted octanol–water partition coefficient (Wildman–Crippen LogP) is -3.19. The van der Waals surface area contributed by atoms with Gasteiger partial charge in [-0.25, -0.2) is 0 Å². The van der Waals surface area contributed by atoms with E-state index in [1.54, 1.807) is 0 Å². The molecule has 0 aromatic carbocycles. The second-order valence-electron chi connectivity index (χ2n) is 10.1. The fraction of sp³-hybridized carbons (Fsp3) is 0.833. The SMILES string of the molecule is [2H]C([2H])(N[C@@H]1CCNC1)C(=O)N1C([2H])([2H])CC[C@@]1([2H])B1OC(=O)C(C2OB([C@@]3([2H])CCC([2H])([2H])N3C(=O)C([2H])([2H])N[C@@H]3CCNC3)OC2=O)O1. The van der Waals surface area contributed by atoms with Crippen molar-refractivity contribution in [3.63, 3.8) is 0 Å². The molecule has 0 aliphatic carbocycles. The number of amides is 2. The summed E-state index contributed by atoms with van der Waals surface area (Å²) in [6, 6.07) is -0.903. The van der Waals surface area contributed by atoms with Gasteiger partial charge in [-0.2, -0.15) is 0 Å². The molecule has 0 bridgehead atoms. The maximum atomic E-state index is 13.5. The molecule has 6 aliphatic rings. The number of carbonyl (C=O) groups is 4. The van der Waals surface area contributed by atoms with Gasteiger partial charge in [-0.3, -0.25) is 19.2 Å². The Labute approximate surface area is 248 Å². The highest BCUT2D eigenvalue weighted by molar-refractivity contribution is 6.53. The molecule has 218 valence electrons. The summed E-state index contributed by atoms with van der Waals surface area (Å²) in [4.78, 5) is 54.0. The summed E-state index contributed by atoms with van der Waals surface area (Å²) in [7, 11) is -4.04. The molecule has 40 heavy (non-hydrogen) atoms. The first-order valence-corrected chi connectivity index (χ1v) is 13.5. The van der Waals surface area contributed by atoms with Crippen molar-refractivity contribution in [2.24, 2.45) is 0 Å². The number of nitrogens with one attached hydrogen (secondary N) is 4. The first-order chi connectivity index (χ1) is 23.1. The van der Waals surface area contributed by atoms with Gasteiger partial charge in [-0.1, -0.05) is 0 Å². The van der Waals surface area contributed by atoms with Crippen molar-refractivity contribution in [2.45, 2.75) is 74.7 Å². The van der Waals surface area contributed by atoms with E-state index in [1.807, 2.05) is 0 Å². The molecule has 0 saturated carbocycles. The largest absolute Gasteiger partial charge is 0.552 e. The van der Waals surface area contributed by atoms with Crippen LogP contribution in [0.2, 0.25) is 0 Å². The molecular formula is C24H38B2N6O8. The molecule has 16 heteroatoms. The standard InChI is InChI=1S/C24H38B2N6O8/c33-19(13-29-15-5-7-27-11-15)31-9-1-3-17(31)25-37-21(23(35)39-25)22-24(36)40-26(38-22)18-4-2-10-32(18)20(34)14-30-16-6-8-28-12-16/h15-18,21-22,27-30H,1-14H2/t15-,16-,17-,18+,21?,22?/m1/s1/i9D2,10D2,13D2,14D2,17D,18D. The van der Waals surface area contributed by atoms with Crippen molar-refractivity contribution in [3.8, 4) is 0 Å². The third-order valence-corrected chi connectivity index (χ3v) is 7.44. The van der Waals surface area contributed by atoms with E-state index < -0.39 is 126 Å². The van der Waals surface area contributed by atoms with Gasteiger partial charge >= 0.3 is 26.2 Å². The summed E-state index contributed by atoms with van der Waals surface area (Å²) >= 11 is 0. The molecular weight excluding hydrogens is 522 g/mol. The van der Waals surface area contributed by atoms with Crippen LogP contribution >= 0.6 is 0 Å². The van der Waals surface area contributed by atoms with Crippen molar-refractivity contribution in [2.75, 3.05) is 52.2 Å². The molecule has 0 aromatic heterocycles. The second-order valence-corrected chi connectivity index (χ2v) is 10.1. The van der Waals surface area contributed by atoms with Gasteiger partial charge in [0, 0.05) is 43.6 Å². The number of rotatable bonds is 9. The van der Waals surface area contributed by atoms with Crippen LogP contribution in [0.15, 0.2) is 0 Å². The number of carbonyl (C=O) groups excluding carboxylic acids is 4. The minimum absolute atomic E-state index is 0.332. The Morgan fingerprint density at radius 2 is 1.30 bits per heavy atom. The lowest BCUT2D eigenvalue weighted by molar-refractivity contribution is -0.147. The molecule has 2 amide bonds. The van der Waals surface area contributed by atoms with E-state index in [1.165, 1.54) is 0 Å². The molecule has 4 N–H and O–H groups in total. The molecule has 2 unspecified atom stereocenters. The fourth-order valence-corrected chi connectivity index (χ4v) is 5.33. The summed E-state index contributed by atoms with van der Waals surface area (Å²) in [6.07, 6.45) is -4.76. The monoisotopic (exact) mass is 570 g/mol. The van der Waals surface area contributed by atoms with Crippen LogP contribution in [-0.2, 0) is 37.8 Å². The summed E-state index contributed by atoms with van der Waals surface area (Å²) in [5.74, 6) is -10.4. The van der Waals surface area contributed by atoms with E-state index in [9.17, 15) is 19.2 Å². The van der Waals surface area contributed by atoms with Crippen molar-refractivity contribution in [1.82, 2.24) is 31.1 Å². The summed E-state index contributed by atoms with van der Waals surface area (Å²) in [5, 5.41) is 11.1. The maximum absolute atomic E-state index is 13.5. The van der Waals surface area contributed by atoms with E-state index in [0.717, 1.165) is 0 Å². The average molecular weight is 570 g/mol. The van der Waals surface area contributed by atoms with Gasteiger partial charge in [-0.15, -0.1) is 0 Å². The number of nitrogens with zero attached hydrogens (tertiary/aromatic N) is 2. The lowest BCUT2D eigenvalue weighted by Gasteiger charge is -2.26. The Balaban J connectivity index is 1.19. The minimum Gasteiger partial charge on any atom is -0.506 e. The average Bonchev–Trinajstić information content (AvgIpc) is 3.86. The van der Waals surface area contributed by atoms with Crippen LogP contribution in [0.3, 0.4) is 0 Å². The van der Waals surface area contributed by atoms with Gasteiger partial charge in [0.2, 0.25) is 11.8 Å². The Hall–Kier alpha value is -2.23. The van der Waals surface area contributed by atoms with Gasteiger partial charge in [0.15, 0.2) is 12.2 Å². The molecule has 6 fully saturated rings. The van der Waals surface area contributed by atoms with Crippen molar-refractivity contribution in [3.05, 3.63) is 0 Å². The van der Waals surface area contributed by atoms with Gasteiger partial charge in [0.05, 0.1) is 33.1 Å². The van der Waals surface area contributed by atoms with Crippen molar-refractivity contribution in [1.29, 1.82) is 0 Å². The first-order valence-electron chi connectivity index (χ1n) is 18.5. The third kappa shape index (κ3) is 5.88. The summed E-state index contributed by atoms with van der Waals surface area (Å²) < 4.78 is 107. The second kappa shape index (κ2) is 12.3. The van der Waals surface area contributed by atoms with E-state index in [4.69, 9.17) is 32.3 Å². The highest BCUT2D eigenvalue weighted by Crippen LogP contribution is 2.31. The van der Waals surface area contributed by atoms with Crippen LogP contribution in [0.4, 0.5) is 0 Å². The summed E-state index contributed by atoms with van der Waals surface area (Å²) in [5.41, 5.74) is 0. The van der Waals surface area contributed by atoms with Gasteiger partial charge < -0.3 is 49.7 Å². The molecule has 6 rings (SSSR count).